The van der Waals surface area contributed by atoms with Crippen LogP contribution in [0, 0.1) is 17.3 Å². The van der Waals surface area contributed by atoms with Crippen molar-refractivity contribution in [2.24, 2.45) is 24.3 Å². The molecule has 2 N–H and O–H groups in total. The second-order valence-corrected chi connectivity index (χ2v) is 8.00. The molecule has 0 aromatic carbocycles. The van der Waals surface area contributed by atoms with Crippen LogP contribution in [0.1, 0.15) is 58.1 Å². The number of aromatic nitrogens is 2. The van der Waals surface area contributed by atoms with Crippen molar-refractivity contribution >= 4 is 5.91 Å². The fourth-order valence-corrected chi connectivity index (χ4v) is 3.62. The van der Waals surface area contributed by atoms with Crippen LogP contribution in [0.3, 0.4) is 0 Å². The molecule has 1 saturated carbocycles. The molecule has 1 aliphatic rings. The summed E-state index contributed by atoms with van der Waals surface area (Å²) in [5.74, 6) is 1.47. The average molecular weight is 320 g/mol. The molecule has 2 rings (SSSR count). The predicted octanol–water partition coefficient (Wildman–Crippen LogP) is 2.65. The summed E-state index contributed by atoms with van der Waals surface area (Å²) < 4.78 is 1.72. The normalized spacial score (nSPS) is 23.5. The molecule has 1 heterocycles. The van der Waals surface area contributed by atoms with E-state index >= 15 is 0 Å². The molecule has 1 unspecified atom stereocenters. The number of carbonyl (C=O) groups excluding carboxylic acids is 1. The van der Waals surface area contributed by atoms with Crippen molar-refractivity contribution in [1.82, 2.24) is 20.4 Å². The van der Waals surface area contributed by atoms with Crippen molar-refractivity contribution in [2.45, 2.75) is 52.5 Å². The van der Waals surface area contributed by atoms with E-state index in [4.69, 9.17) is 0 Å². The molecule has 1 aliphatic carbocycles. The maximum absolute atomic E-state index is 12.4. The monoisotopic (exact) mass is 320 g/mol. The highest BCUT2D eigenvalue weighted by atomic mass is 16.2. The molecular weight excluding hydrogens is 288 g/mol. The first kappa shape index (κ1) is 18.0. The topological polar surface area (TPSA) is 59.0 Å². The first-order chi connectivity index (χ1) is 10.8. The summed E-state index contributed by atoms with van der Waals surface area (Å²) in [7, 11) is 3.67. The number of nitrogens with zero attached hydrogens (tertiary/aromatic N) is 2. The molecule has 23 heavy (non-hydrogen) atoms. The standard InChI is InChI=1S/C18H32N4O/c1-18(2,3)15-8-6-13(7-9-15)10-20-17(23)16(19-4)14-11-21-22(5)12-14/h11-13,15-16,19H,6-10H2,1-5H3,(H,20,23). The van der Waals surface area contributed by atoms with Crippen molar-refractivity contribution in [3.63, 3.8) is 0 Å². The van der Waals surface area contributed by atoms with Gasteiger partial charge in [0.2, 0.25) is 5.91 Å². The van der Waals surface area contributed by atoms with Gasteiger partial charge < -0.3 is 10.6 Å². The molecule has 130 valence electrons. The molecule has 1 amide bonds. The number of nitrogens with one attached hydrogen (secondary N) is 2. The molecule has 1 aromatic heterocycles. The summed E-state index contributed by atoms with van der Waals surface area (Å²) >= 11 is 0. The molecule has 1 atom stereocenters. The van der Waals surface area contributed by atoms with Crippen LogP contribution in [0.25, 0.3) is 0 Å². The number of rotatable bonds is 5. The lowest BCUT2D eigenvalue weighted by molar-refractivity contribution is -0.123. The predicted molar refractivity (Wildman–Crippen MR) is 92.9 cm³/mol. The van der Waals surface area contributed by atoms with Crippen molar-refractivity contribution in [3.05, 3.63) is 18.0 Å². The highest BCUT2D eigenvalue weighted by Crippen LogP contribution is 2.39. The van der Waals surface area contributed by atoms with E-state index in [9.17, 15) is 4.79 Å². The van der Waals surface area contributed by atoms with Gasteiger partial charge in [0.05, 0.1) is 6.20 Å². The van der Waals surface area contributed by atoms with Gasteiger partial charge in [0.15, 0.2) is 0 Å². The molecule has 1 fully saturated rings. The maximum Gasteiger partial charge on any atom is 0.241 e. The first-order valence-electron chi connectivity index (χ1n) is 8.74. The number of likely N-dealkylation sites (N-methyl/N-ethyl adjacent to an activating group) is 1. The van der Waals surface area contributed by atoms with Crippen LogP contribution in [-0.4, -0.2) is 29.3 Å². The van der Waals surface area contributed by atoms with E-state index in [0.717, 1.165) is 18.0 Å². The van der Waals surface area contributed by atoms with Gasteiger partial charge in [0.25, 0.3) is 0 Å². The highest BCUT2D eigenvalue weighted by Gasteiger charge is 2.30. The third-order valence-electron chi connectivity index (χ3n) is 5.25. The number of aryl methyl sites for hydroxylation is 1. The van der Waals surface area contributed by atoms with Crippen LogP contribution in [0.15, 0.2) is 12.4 Å². The Labute approximate surface area is 140 Å². The summed E-state index contributed by atoms with van der Waals surface area (Å²) in [5, 5.41) is 10.4. The van der Waals surface area contributed by atoms with Crippen LogP contribution in [-0.2, 0) is 11.8 Å². The molecule has 5 nitrogen and oxygen atoms in total. The van der Waals surface area contributed by atoms with Gasteiger partial charge in [0, 0.05) is 25.4 Å². The second kappa shape index (κ2) is 7.47. The smallest absolute Gasteiger partial charge is 0.241 e. The Morgan fingerprint density at radius 2 is 2.00 bits per heavy atom. The molecule has 0 spiro atoms. The van der Waals surface area contributed by atoms with Gasteiger partial charge >= 0.3 is 0 Å². The Balaban J connectivity index is 1.80. The number of carbonyl (C=O) groups is 1. The lowest BCUT2D eigenvalue weighted by atomic mass is 9.70. The quantitative estimate of drug-likeness (QED) is 0.877. The van der Waals surface area contributed by atoms with Crippen molar-refractivity contribution < 1.29 is 4.79 Å². The SMILES string of the molecule is CNC(C(=O)NCC1CCC(C(C)(C)C)CC1)c1cnn(C)c1. The van der Waals surface area contributed by atoms with Gasteiger partial charge in [-0.3, -0.25) is 9.48 Å². The summed E-state index contributed by atoms with van der Waals surface area (Å²) in [5.41, 5.74) is 1.31. The first-order valence-corrected chi connectivity index (χ1v) is 8.74. The van der Waals surface area contributed by atoms with Crippen molar-refractivity contribution in [3.8, 4) is 0 Å². The molecule has 0 aliphatic heterocycles. The van der Waals surface area contributed by atoms with Crippen LogP contribution in [0.5, 0.6) is 0 Å². The van der Waals surface area contributed by atoms with E-state index in [1.165, 1.54) is 25.7 Å². The Kier molecular flexibility index (Phi) is 5.84. The number of hydrogen-bond donors (Lipinski definition) is 2. The van der Waals surface area contributed by atoms with Gasteiger partial charge in [-0.2, -0.15) is 5.10 Å². The van der Waals surface area contributed by atoms with E-state index < -0.39 is 0 Å². The Morgan fingerprint density at radius 1 is 1.35 bits per heavy atom. The van der Waals surface area contributed by atoms with E-state index in [0.29, 0.717) is 11.3 Å². The zero-order valence-corrected chi connectivity index (χ0v) is 15.2. The molecule has 1 aromatic rings. The fraction of sp³-hybridized carbons (Fsp3) is 0.778. The van der Waals surface area contributed by atoms with E-state index in [1.807, 2.05) is 20.3 Å². The minimum Gasteiger partial charge on any atom is -0.354 e. The van der Waals surface area contributed by atoms with Crippen LogP contribution < -0.4 is 10.6 Å². The molecule has 0 bridgehead atoms. The summed E-state index contributed by atoms with van der Waals surface area (Å²) in [4.78, 5) is 12.4. The van der Waals surface area contributed by atoms with Crippen LogP contribution in [0.2, 0.25) is 0 Å². The van der Waals surface area contributed by atoms with E-state index in [2.05, 4.69) is 36.5 Å². The Morgan fingerprint density at radius 3 is 2.48 bits per heavy atom. The summed E-state index contributed by atoms with van der Waals surface area (Å²) in [6.45, 7) is 7.80. The molecular formula is C18H32N4O. The second-order valence-electron chi connectivity index (χ2n) is 8.00. The average Bonchev–Trinajstić information content (AvgIpc) is 2.91. The molecule has 0 saturated heterocycles. The summed E-state index contributed by atoms with van der Waals surface area (Å²) in [6.07, 6.45) is 8.63. The van der Waals surface area contributed by atoms with Gasteiger partial charge in [-0.1, -0.05) is 20.8 Å². The van der Waals surface area contributed by atoms with Gasteiger partial charge in [-0.05, 0) is 50.0 Å². The van der Waals surface area contributed by atoms with Gasteiger partial charge in [-0.15, -0.1) is 0 Å². The van der Waals surface area contributed by atoms with E-state index in [1.54, 1.807) is 10.9 Å². The van der Waals surface area contributed by atoms with Crippen LogP contribution in [0.4, 0.5) is 0 Å². The zero-order chi connectivity index (χ0) is 17.0. The van der Waals surface area contributed by atoms with Crippen molar-refractivity contribution in [2.75, 3.05) is 13.6 Å². The molecule has 5 heteroatoms. The van der Waals surface area contributed by atoms with Gasteiger partial charge in [0.1, 0.15) is 6.04 Å². The number of hydrogen-bond acceptors (Lipinski definition) is 3. The fourth-order valence-electron chi connectivity index (χ4n) is 3.62. The third-order valence-corrected chi connectivity index (χ3v) is 5.25. The summed E-state index contributed by atoms with van der Waals surface area (Å²) in [6, 6.07) is -0.324. The van der Waals surface area contributed by atoms with Crippen molar-refractivity contribution in [1.29, 1.82) is 0 Å². The molecule has 0 radical (unpaired) electrons. The van der Waals surface area contributed by atoms with Gasteiger partial charge in [-0.25, -0.2) is 0 Å². The Hall–Kier alpha value is -1.36. The lowest BCUT2D eigenvalue weighted by Gasteiger charge is -2.37. The number of amides is 1. The minimum atomic E-state index is -0.324. The minimum absolute atomic E-state index is 0.0402. The maximum atomic E-state index is 12.4. The van der Waals surface area contributed by atoms with E-state index in [-0.39, 0.29) is 11.9 Å². The largest absolute Gasteiger partial charge is 0.354 e. The lowest BCUT2D eigenvalue weighted by Crippen LogP contribution is -2.39. The zero-order valence-electron chi connectivity index (χ0n) is 15.2. The third kappa shape index (κ3) is 4.80. The Bertz CT molecular complexity index is 509. The highest BCUT2D eigenvalue weighted by molar-refractivity contribution is 5.83. The van der Waals surface area contributed by atoms with Crippen LogP contribution >= 0.6 is 0 Å².